The average molecular weight is 299 g/mol. The highest BCUT2D eigenvalue weighted by Crippen LogP contribution is 2.24. The summed E-state index contributed by atoms with van der Waals surface area (Å²) in [7, 11) is 0. The molecule has 116 valence electrons. The van der Waals surface area contributed by atoms with Crippen molar-refractivity contribution in [3.05, 3.63) is 36.5 Å². The highest BCUT2D eigenvalue weighted by molar-refractivity contribution is 5.90. The van der Waals surface area contributed by atoms with Gasteiger partial charge in [0.1, 0.15) is 5.60 Å². The second-order valence-electron chi connectivity index (χ2n) is 6.61. The number of likely N-dealkylation sites (tertiary alicyclic amines) is 1. The van der Waals surface area contributed by atoms with Crippen LogP contribution in [0.3, 0.4) is 0 Å². The molecular weight excluding hydrogens is 278 g/mol. The molecule has 2 heterocycles. The summed E-state index contributed by atoms with van der Waals surface area (Å²) >= 11 is 0. The van der Waals surface area contributed by atoms with Crippen LogP contribution >= 0.6 is 0 Å². The van der Waals surface area contributed by atoms with Crippen LogP contribution in [0.25, 0.3) is 10.9 Å². The second-order valence-corrected chi connectivity index (χ2v) is 6.61. The van der Waals surface area contributed by atoms with E-state index in [9.17, 15) is 4.79 Å². The van der Waals surface area contributed by atoms with Crippen LogP contribution in [0, 0.1) is 0 Å². The minimum Gasteiger partial charge on any atom is -0.444 e. The molecule has 1 fully saturated rings. The van der Waals surface area contributed by atoms with E-state index in [1.807, 2.05) is 51.1 Å². The predicted molar refractivity (Wildman–Crippen MR) is 87.0 cm³/mol. The van der Waals surface area contributed by atoms with Gasteiger partial charge in [0.15, 0.2) is 0 Å². The van der Waals surface area contributed by atoms with Gasteiger partial charge in [0.2, 0.25) is 0 Å². The molecular formula is C17H21N3O2. The summed E-state index contributed by atoms with van der Waals surface area (Å²) in [6.45, 7) is 6.93. The van der Waals surface area contributed by atoms with Crippen LogP contribution < -0.4 is 5.32 Å². The number of anilines is 1. The zero-order valence-corrected chi connectivity index (χ0v) is 13.2. The van der Waals surface area contributed by atoms with Crippen molar-refractivity contribution in [3.8, 4) is 0 Å². The summed E-state index contributed by atoms with van der Waals surface area (Å²) in [5, 5.41) is 4.56. The molecule has 1 N–H and O–H groups in total. The minimum absolute atomic E-state index is 0.236. The molecule has 3 rings (SSSR count). The average Bonchev–Trinajstić information content (AvgIpc) is 2.40. The lowest BCUT2D eigenvalue weighted by Crippen LogP contribution is -2.57. The quantitative estimate of drug-likeness (QED) is 0.924. The lowest BCUT2D eigenvalue weighted by molar-refractivity contribution is 0.0105. The van der Waals surface area contributed by atoms with Crippen molar-refractivity contribution in [3.63, 3.8) is 0 Å². The van der Waals surface area contributed by atoms with Crippen LogP contribution in [-0.4, -0.2) is 40.7 Å². The molecule has 5 heteroatoms. The molecule has 1 amide bonds. The number of nitrogens with zero attached hydrogens (tertiary/aromatic N) is 2. The third-order valence-corrected chi connectivity index (χ3v) is 3.53. The van der Waals surface area contributed by atoms with Crippen LogP contribution in [0.5, 0.6) is 0 Å². The van der Waals surface area contributed by atoms with Crippen molar-refractivity contribution in [2.24, 2.45) is 0 Å². The molecule has 1 aliphatic heterocycles. The molecule has 1 aliphatic rings. The van der Waals surface area contributed by atoms with Crippen molar-refractivity contribution in [1.82, 2.24) is 9.88 Å². The Kier molecular flexibility index (Phi) is 3.64. The first kappa shape index (κ1) is 14.6. The zero-order chi connectivity index (χ0) is 15.7. The number of hydrogen-bond acceptors (Lipinski definition) is 4. The molecule has 5 nitrogen and oxygen atoms in total. The number of aromatic nitrogens is 1. The maximum absolute atomic E-state index is 11.9. The summed E-state index contributed by atoms with van der Waals surface area (Å²) in [5.41, 5.74) is 1.52. The summed E-state index contributed by atoms with van der Waals surface area (Å²) in [6, 6.07) is 10.3. The van der Waals surface area contributed by atoms with Gasteiger partial charge in [-0.15, -0.1) is 0 Å². The van der Waals surface area contributed by atoms with E-state index in [0.717, 1.165) is 16.6 Å². The van der Waals surface area contributed by atoms with Gasteiger partial charge in [0, 0.05) is 24.7 Å². The molecule has 0 radical (unpaired) electrons. The van der Waals surface area contributed by atoms with Crippen LogP contribution in [0.2, 0.25) is 0 Å². The third-order valence-electron chi connectivity index (χ3n) is 3.53. The van der Waals surface area contributed by atoms with Crippen LogP contribution in [0.4, 0.5) is 10.5 Å². The molecule has 1 aromatic heterocycles. The maximum atomic E-state index is 11.9. The van der Waals surface area contributed by atoms with Gasteiger partial charge in [-0.25, -0.2) is 4.79 Å². The fraction of sp³-hybridized carbons (Fsp3) is 0.412. The fourth-order valence-corrected chi connectivity index (χ4v) is 2.49. The van der Waals surface area contributed by atoms with Crippen molar-refractivity contribution in [2.75, 3.05) is 18.4 Å². The molecule has 0 atom stereocenters. The zero-order valence-electron chi connectivity index (χ0n) is 13.2. The van der Waals surface area contributed by atoms with Crippen molar-refractivity contribution >= 4 is 22.7 Å². The summed E-state index contributed by atoms with van der Waals surface area (Å²) < 4.78 is 5.36. The first-order chi connectivity index (χ1) is 10.4. The Morgan fingerprint density at radius 2 is 2.00 bits per heavy atom. The number of carbonyl (C=O) groups is 1. The predicted octanol–water partition coefficient (Wildman–Crippen LogP) is 3.27. The van der Waals surface area contributed by atoms with Gasteiger partial charge in [-0.2, -0.15) is 0 Å². The number of benzene rings is 1. The Bertz CT molecular complexity index is 682. The summed E-state index contributed by atoms with van der Waals surface area (Å²) in [5.74, 6) is 0. The van der Waals surface area contributed by atoms with Gasteiger partial charge in [0.05, 0.1) is 17.2 Å². The monoisotopic (exact) mass is 299 g/mol. The molecule has 0 aliphatic carbocycles. The molecule has 1 saturated heterocycles. The highest BCUT2D eigenvalue weighted by atomic mass is 16.6. The topological polar surface area (TPSA) is 54.5 Å². The summed E-state index contributed by atoms with van der Waals surface area (Å²) in [6.07, 6.45) is 1.54. The van der Waals surface area contributed by atoms with E-state index in [1.54, 1.807) is 11.1 Å². The largest absolute Gasteiger partial charge is 0.444 e. The molecule has 0 saturated carbocycles. The number of hydrogen-bond donors (Lipinski definition) is 1. The van der Waals surface area contributed by atoms with E-state index in [2.05, 4.69) is 10.3 Å². The first-order valence-corrected chi connectivity index (χ1v) is 7.50. The smallest absolute Gasteiger partial charge is 0.410 e. The van der Waals surface area contributed by atoms with E-state index >= 15 is 0 Å². The Hall–Kier alpha value is -2.30. The normalized spacial score (nSPS) is 15.5. The molecule has 0 bridgehead atoms. The van der Waals surface area contributed by atoms with E-state index < -0.39 is 5.60 Å². The highest BCUT2D eigenvalue weighted by Gasteiger charge is 2.33. The number of carbonyl (C=O) groups excluding carboxylic acids is 1. The number of ether oxygens (including phenoxy) is 1. The number of nitrogens with one attached hydrogen (secondary N) is 1. The second kappa shape index (κ2) is 5.48. The van der Waals surface area contributed by atoms with Crippen LogP contribution in [-0.2, 0) is 4.74 Å². The first-order valence-electron chi connectivity index (χ1n) is 7.50. The van der Waals surface area contributed by atoms with Crippen molar-refractivity contribution in [2.45, 2.75) is 32.4 Å². The number of pyridine rings is 1. The third kappa shape index (κ3) is 3.13. The number of rotatable bonds is 2. The van der Waals surface area contributed by atoms with Crippen LogP contribution in [0.15, 0.2) is 36.5 Å². The lowest BCUT2D eigenvalue weighted by Gasteiger charge is -2.40. The molecule has 0 spiro atoms. The molecule has 2 aromatic rings. The minimum atomic E-state index is -0.449. The van der Waals surface area contributed by atoms with Gasteiger partial charge in [0.25, 0.3) is 0 Å². The Balaban J connectivity index is 1.61. The van der Waals surface area contributed by atoms with Gasteiger partial charge < -0.3 is 15.0 Å². The maximum Gasteiger partial charge on any atom is 0.410 e. The van der Waals surface area contributed by atoms with E-state index in [4.69, 9.17) is 4.74 Å². The standard InChI is InChI=1S/C17H21N3O2/c1-17(2,3)22-16(21)20-10-13(11-20)19-14-8-4-6-12-7-5-9-18-15(12)14/h4-9,13,19H,10-11H2,1-3H3. The molecule has 1 aromatic carbocycles. The van der Waals surface area contributed by atoms with Gasteiger partial charge >= 0.3 is 6.09 Å². The SMILES string of the molecule is CC(C)(C)OC(=O)N1CC(Nc2cccc3cccnc23)C1. The van der Waals surface area contributed by atoms with E-state index in [1.165, 1.54) is 0 Å². The lowest BCUT2D eigenvalue weighted by atomic mass is 10.1. The Morgan fingerprint density at radius 1 is 1.27 bits per heavy atom. The molecule has 22 heavy (non-hydrogen) atoms. The van der Waals surface area contributed by atoms with Gasteiger partial charge in [-0.05, 0) is 32.9 Å². The Labute approximate surface area is 130 Å². The Morgan fingerprint density at radius 3 is 2.73 bits per heavy atom. The van der Waals surface area contributed by atoms with Gasteiger partial charge in [-0.3, -0.25) is 4.98 Å². The number of amides is 1. The van der Waals surface area contributed by atoms with E-state index in [0.29, 0.717) is 13.1 Å². The summed E-state index contributed by atoms with van der Waals surface area (Å²) in [4.78, 5) is 18.1. The van der Waals surface area contributed by atoms with Crippen LogP contribution in [0.1, 0.15) is 20.8 Å². The number of para-hydroxylation sites is 1. The van der Waals surface area contributed by atoms with Crippen molar-refractivity contribution in [1.29, 1.82) is 0 Å². The van der Waals surface area contributed by atoms with E-state index in [-0.39, 0.29) is 12.1 Å². The number of fused-ring (bicyclic) bond motifs is 1. The van der Waals surface area contributed by atoms with Gasteiger partial charge in [-0.1, -0.05) is 18.2 Å². The molecule has 0 unspecified atom stereocenters. The van der Waals surface area contributed by atoms with Crippen molar-refractivity contribution < 1.29 is 9.53 Å². The fourth-order valence-electron chi connectivity index (χ4n) is 2.49.